The highest BCUT2D eigenvalue weighted by atomic mass is 16.2. The molecule has 106 valence electrons. The molecule has 5 heteroatoms. The molecule has 0 unspecified atom stereocenters. The van der Waals surface area contributed by atoms with Crippen molar-refractivity contribution in [1.29, 1.82) is 5.26 Å². The molecule has 5 nitrogen and oxygen atoms in total. The number of amides is 1. The summed E-state index contributed by atoms with van der Waals surface area (Å²) in [6.45, 7) is 2.37. The summed E-state index contributed by atoms with van der Waals surface area (Å²) < 4.78 is 0. The summed E-state index contributed by atoms with van der Waals surface area (Å²) in [5, 5.41) is 15.1. The predicted octanol–water partition coefficient (Wildman–Crippen LogP) is 1.18. The van der Waals surface area contributed by atoms with Crippen LogP contribution in [0.1, 0.15) is 18.4 Å². The molecule has 2 rings (SSSR count). The fourth-order valence-electron chi connectivity index (χ4n) is 2.48. The van der Waals surface area contributed by atoms with Crippen molar-refractivity contribution < 1.29 is 4.79 Å². The maximum Gasteiger partial charge on any atom is 0.238 e. The number of nitrogens with one attached hydrogen (secondary N) is 2. The van der Waals surface area contributed by atoms with Crippen molar-refractivity contribution in [3.63, 3.8) is 0 Å². The number of anilines is 1. The first-order valence-electron chi connectivity index (χ1n) is 6.90. The highest BCUT2D eigenvalue weighted by molar-refractivity contribution is 5.93. The standard InChI is InChI=1S/C15H20N4O/c1-19(13-6-8-17-9-7-13)11-15(20)18-14-5-3-2-4-12(14)10-16/h2-5,13,17H,6-9,11H2,1H3,(H,18,20). The Morgan fingerprint density at radius 2 is 2.15 bits per heavy atom. The van der Waals surface area contributed by atoms with Gasteiger partial charge in [-0.15, -0.1) is 0 Å². The van der Waals surface area contributed by atoms with Crippen LogP contribution in [-0.4, -0.2) is 43.5 Å². The fraction of sp³-hybridized carbons (Fsp3) is 0.467. The quantitative estimate of drug-likeness (QED) is 0.863. The number of piperidine rings is 1. The summed E-state index contributed by atoms with van der Waals surface area (Å²) in [5.74, 6) is -0.0752. The molecular formula is C15H20N4O. The number of likely N-dealkylation sites (N-methyl/N-ethyl adjacent to an activating group) is 1. The van der Waals surface area contributed by atoms with Gasteiger partial charge in [-0.3, -0.25) is 9.69 Å². The molecule has 1 amide bonds. The summed E-state index contributed by atoms with van der Waals surface area (Å²) in [4.78, 5) is 14.1. The number of benzene rings is 1. The molecule has 1 aliphatic heterocycles. The van der Waals surface area contributed by atoms with Crippen molar-refractivity contribution in [3.05, 3.63) is 29.8 Å². The van der Waals surface area contributed by atoms with Crippen molar-refractivity contribution in [3.8, 4) is 6.07 Å². The van der Waals surface area contributed by atoms with Crippen LogP contribution in [0, 0.1) is 11.3 Å². The second kappa shape index (κ2) is 7.04. The van der Waals surface area contributed by atoms with E-state index in [9.17, 15) is 4.79 Å². The Hall–Kier alpha value is -1.90. The lowest BCUT2D eigenvalue weighted by molar-refractivity contribution is -0.117. The largest absolute Gasteiger partial charge is 0.324 e. The zero-order valence-corrected chi connectivity index (χ0v) is 11.7. The maximum atomic E-state index is 12.1. The normalized spacial score (nSPS) is 15.8. The van der Waals surface area contributed by atoms with Crippen LogP contribution < -0.4 is 10.6 Å². The number of nitriles is 1. The molecule has 0 saturated carbocycles. The Kier molecular flexibility index (Phi) is 5.10. The van der Waals surface area contributed by atoms with Crippen molar-refractivity contribution >= 4 is 11.6 Å². The lowest BCUT2D eigenvalue weighted by atomic mass is 10.1. The topological polar surface area (TPSA) is 68.2 Å². The number of para-hydroxylation sites is 1. The van der Waals surface area contributed by atoms with Crippen LogP contribution in [0.15, 0.2) is 24.3 Å². The molecule has 2 N–H and O–H groups in total. The van der Waals surface area contributed by atoms with E-state index in [1.54, 1.807) is 18.2 Å². The van der Waals surface area contributed by atoms with Crippen molar-refractivity contribution in [2.24, 2.45) is 0 Å². The average Bonchev–Trinajstić information content (AvgIpc) is 2.48. The summed E-state index contributed by atoms with van der Waals surface area (Å²) in [5.41, 5.74) is 1.07. The van der Waals surface area contributed by atoms with Gasteiger partial charge >= 0.3 is 0 Å². The molecule has 1 fully saturated rings. The van der Waals surface area contributed by atoms with E-state index in [-0.39, 0.29) is 5.91 Å². The van der Waals surface area contributed by atoms with Gasteiger partial charge in [0.05, 0.1) is 17.8 Å². The third kappa shape index (κ3) is 3.80. The van der Waals surface area contributed by atoms with Gasteiger partial charge in [0.1, 0.15) is 6.07 Å². The second-order valence-electron chi connectivity index (χ2n) is 5.10. The van der Waals surface area contributed by atoms with E-state index in [2.05, 4.69) is 21.6 Å². The molecule has 1 aromatic carbocycles. The zero-order valence-electron chi connectivity index (χ0n) is 11.7. The minimum Gasteiger partial charge on any atom is -0.324 e. The smallest absolute Gasteiger partial charge is 0.238 e. The van der Waals surface area contributed by atoms with Gasteiger partial charge in [0.2, 0.25) is 5.91 Å². The van der Waals surface area contributed by atoms with Gasteiger partial charge in [-0.05, 0) is 45.1 Å². The van der Waals surface area contributed by atoms with Crippen LogP contribution in [-0.2, 0) is 4.79 Å². The molecule has 20 heavy (non-hydrogen) atoms. The fourth-order valence-corrected chi connectivity index (χ4v) is 2.48. The second-order valence-corrected chi connectivity index (χ2v) is 5.10. The molecule has 0 bridgehead atoms. The average molecular weight is 272 g/mol. The van der Waals surface area contributed by atoms with Crippen molar-refractivity contribution in [2.45, 2.75) is 18.9 Å². The number of carbonyl (C=O) groups is 1. The maximum absolute atomic E-state index is 12.1. The van der Waals surface area contributed by atoms with Gasteiger partial charge in [-0.2, -0.15) is 5.26 Å². The number of nitrogens with zero attached hydrogens (tertiary/aromatic N) is 2. The highest BCUT2D eigenvalue weighted by Gasteiger charge is 2.19. The van der Waals surface area contributed by atoms with Gasteiger partial charge in [0.15, 0.2) is 0 Å². The van der Waals surface area contributed by atoms with E-state index in [1.165, 1.54) is 0 Å². The molecular weight excluding hydrogens is 252 g/mol. The minimum absolute atomic E-state index is 0.0752. The Balaban J connectivity index is 1.90. The van der Waals surface area contributed by atoms with Crippen LogP contribution >= 0.6 is 0 Å². The first kappa shape index (κ1) is 14.5. The Morgan fingerprint density at radius 1 is 1.45 bits per heavy atom. The van der Waals surface area contributed by atoms with Gasteiger partial charge in [-0.1, -0.05) is 12.1 Å². The third-order valence-corrected chi connectivity index (χ3v) is 3.65. The third-order valence-electron chi connectivity index (χ3n) is 3.65. The molecule has 0 aliphatic carbocycles. The van der Waals surface area contributed by atoms with E-state index in [4.69, 9.17) is 5.26 Å². The van der Waals surface area contributed by atoms with Crippen molar-refractivity contribution in [1.82, 2.24) is 10.2 Å². The van der Waals surface area contributed by atoms with Gasteiger partial charge in [0, 0.05) is 6.04 Å². The Morgan fingerprint density at radius 3 is 2.85 bits per heavy atom. The van der Waals surface area contributed by atoms with Crippen LogP contribution in [0.4, 0.5) is 5.69 Å². The number of hydrogen-bond acceptors (Lipinski definition) is 4. The molecule has 1 saturated heterocycles. The van der Waals surface area contributed by atoms with Crippen LogP contribution in [0.3, 0.4) is 0 Å². The van der Waals surface area contributed by atoms with Gasteiger partial charge < -0.3 is 10.6 Å². The predicted molar refractivity (Wildman–Crippen MR) is 78.3 cm³/mol. The number of rotatable bonds is 4. The molecule has 0 aromatic heterocycles. The monoisotopic (exact) mass is 272 g/mol. The van der Waals surface area contributed by atoms with E-state index in [0.29, 0.717) is 23.8 Å². The van der Waals surface area contributed by atoms with Crippen LogP contribution in [0.25, 0.3) is 0 Å². The van der Waals surface area contributed by atoms with E-state index in [1.807, 2.05) is 13.1 Å². The van der Waals surface area contributed by atoms with E-state index < -0.39 is 0 Å². The van der Waals surface area contributed by atoms with Crippen LogP contribution in [0.2, 0.25) is 0 Å². The summed E-state index contributed by atoms with van der Waals surface area (Å²) in [6.07, 6.45) is 2.14. The van der Waals surface area contributed by atoms with Gasteiger partial charge in [-0.25, -0.2) is 0 Å². The number of carbonyl (C=O) groups excluding carboxylic acids is 1. The highest BCUT2D eigenvalue weighted by Crippen LogP contribution is 2.14. The molecule has 0 spiro atoms. The number of hydrogen-bond donors (Lipinski definition) is 2. The summed E-state index contributed by atoms with van der Waals surface area (Å²) in [7, 11) is 1.98. The van der Waals surface area contributed by atoms with Gasteiger partial charge in [0.25, 0.3) is 0 Å². The van der Waals surface area contributed by atoms with Crippen LogP contribution in [0.5, 0.6) is 0 Å². The molecule has 0 atom stereocenters. The van der Waals surface area contributed by atoms with E-state index >= 15 is 0 Å². The molecule has 1 aromatic rings. The summed E-state index contributed by atoms with van der Waals surface area (Å²) >= 11 is 0. The SMILES string of the molecule is CN(CC(=O)Nc1ccccc1C#N)C1CCNCC1. The molecule has 0 radical (unpaired) electrons. The Labute approximate surface area is 119 Å². The lowest BCUT2D eigenvalue weighted by Gasteiger charge is -2.31. The van der Waals surface area contributed by atoms with E-state index in [0.717, 1.165) is 25.9 Å². The summed E-state index contributed by atoms with van der Waals surface area (Å²) in [6, 6.07) is 9.58. The minimum atomic E-state index is -0.0752. The first-order chi connectivity index (χ1) is 9.70. The van der Waals surface area contributed by atoms with Crippen molar-refractivity contribution in [2.75, 3.05) is 32.0 Å². The molecule has 1 aliphatic rings. The zero-order chi connectivity index (χ0) is 14.4. The molecule has 1 heterocycles. The first-order valence-corrected chi connectivity index (χ1v) is 6.90. The Bertz CT molecular complexity index is 503. The lowest BCUT2D eigenvalue weighted by Crippen LogP contribution is -2.44.